The smallest absolute Gasteiger partial charge is 0.243 e. The summed E-state index contributed by atoms with van der Waals surface area (Å²) in [6, 6.07) is 19.4. The van der Waals surface area contributed by atoms with Crippen molar-refractivity contribution in [2.45, 2.75) is 72.0 Å². The molecule has 0 unspecified atom stereocenters. The van der Waals surface area contributed by atoms with Crippen LogP contribution in [-0.4, -0.2) is 50.0 Å². The zero-order chi connectivity index (χ0) is 31.7. The number of anilines is 1. The van der Waals surface area contributed by atoms with Crippen LogP contribution in [0.2, 0.25) is 10.0 Å². The minimum absolute atomic E-state index is 0.0418. The molecule has 0 aliphatic carbocycles. The van der Waals surface area contributed by atoms with Gasteiger partial charge in [0.15, 0.2) is 0 Å². The summed E-state index contributed by atoms with van der Waals surface area (Å²) in [5.41, 5.74) is 4.08. The van der Waals surface area contributed by atoms with E-state index in [0.717, 1.165) is 28.7 Å². The minimum atomic E-state index is -3.60. The zero-order valence-electron chi connectivity index (χ0n) is 25.4. The predicted octanol–water partition coefficient (Wildman–Crippen LogP) is 6.71. The Labute approximate surface area is 266 Å². The van der Waals surface area contributed by atoms with Gasteiger partial charge in [-0.25, -0.2) is 8.42 Å². The van der Waals surface area contributed by atoms with Crippen LogP contribution in [0.1, 0.15) is 55.4 Å². The lowest BCUT2D eigenvalue weighted by atomic mass is 10.0. The average Bonchev–Trinajstić information content (AvgIpc) is 2.96. The van der Waals surface area contributed by atoms with Crippen molar-refractivity contribution in [2.75, 3.05) is 17.1 Å². The molecule has 10 heteroatoms. The first-order valence-corrected chi connectivity index (χ1v) is 17.0. The van der Waals surface area contributed by atoms with Crippen LogP contribution in [0.15, 0.2) is 66.7 Å². The van der Waals surface area contributed by atoms with E-state index in [2.05, 4.69) is 5.32 Å². The van der Waals surface area contributed by atoms with E-state index >= 15 is 0 Å². The van der Waals surface area contributed by atoms with Crippen molar-refractivity contribution in [1.82, 2.24) is 10.2 Å². The van der Waals surface area contributed by atoms with Gasteiger partial charge in [0.05, 0.1) is 22.0 Å². The maximum absolute atomic E-state index is 14.0. The van der Waals surface area contributed by atoms with Crippen molar-refractivity contribution in [3.63, 3.8) is 0 Å². The van der Waals surface area contributed by atoms with Crippen molar-refractivity contribution < 1.29 is 18.0 Å². The van der Waals surface area contributed by atoms with E-state index in [-0.39, 0.29) is 43.8 Å². The molecule has 0 saturated carbocycles. The highest BCUT2D eigenvalue weighted by atomic mass is 35.5. The summed E-state index contributed by atoms with van der Waals surface area (Å²) in [5.74, 6) is -0.513. The third-order valence-electron chi connectivity index (χ3n) is 7.61. The second-order valence-corrected chi connectivity index (χ2v) is 13.7. The number of amides is 2. The monoisotopic (exact) mass is 645 g/mol. The lowest BCUT2D eigenvalue weighted by Crippen LogP contribution is -2.52. The van der Waals surface area contributed by atoms with Gasteiger partial charge in [0.2, 0.25) is 21.8 Å². The number of benzene rings is 3. The molecule has 0 saturated heterocycles. The normalized spacial score (nSPS) is 12.8. The Morgan fingerprint density at radius 2 is 1.63 bits per heavy atom. The predicted molar refractivity (Wildman–Crippen MR) is 176 cm³/mol. The molecule has 0 aliphatic rings. The molecule has 0 aromatic heterocycles. The fraction of sp³-hybridized carbons (Fsp3) is 0.394. The van der Waals surface area contributed by atoms with E-state index in [9.17, 15) is 18.0 Å². The highest BCUT2D eigenvalue weighted by molar-refractivity contribution is 7.92. The van der Waals surface area contributed by atoms with Gasteiger partial charge >= 0.3 is 0 Å². The number of carbonyl (C=O) groups is 2. The van der Waals surface area contributed by atoms with Crippen molar-refractivity contribution in [2.24, 2.45) is 0 Å². The Bertz CT molecular complexity index is 1520. The summed E-state index contributed by atoms with van der Waals surface area (Å²) < 4.78 is 26.9. The van der Waals surface area contributed by atoms with Crippen LogP contribution >= 0.6 is 23.2 Å². The number of rotatable bonds is 14. The van der Waals surface area contributed by atoms with Gasteiger partial charge in [-0.1, -0.05) is 78.7 Å². The first-order valence-electron chi connectivity index (χ1n) is 14.4. The van der Waals surface area contributed by atoms with E-state index in [1.807, 2.05) is 70.2 Å². The summed E-state index contributed by atoms with van der Waals surface area (Å²) >= 11 is 12.5. The van der Waals surface area contributed by atoms with Crippen molar-refractivity contribution in [3.8, 4) is 0 Å². The Morgan fingerprint density at radius 1 is 0.930 bits per heavy atom. The van der Waals surface area contributed by atoms with Gasteiger partial charge in [0.1, 0.15) is 6.04 Å². The molecular formula is C33H41Cl2N3O4S. The van der Waals surface area contributed by atoms with E-state index in [1.54, 1.807) is 29.2 Å². The van der Waals surface area contributed by atoms with E-state index < -0.39 is 16.1 Å². The molecular weight excluding hydrogens is 605 g/mol. The van der Waals surface area contributed by atoms with Crippen LogP contribution in [0.3, 0.4) is 0 Å². The molecule has 0 aliphatic heterocycles. The number of nitrogens with one attached hydrogen (secondary N) is 1. The molecule has 1 N–H and O–H groups in total. The van der Waals surface area contributed by atoms with Crippen LogP contribution in [0.4, 0.5) is 5.69 Å². The zero-order valence-corrected chi connectivity index (χ0v) is 27.8. The Kier molecular flexibility index (Phi) is 12.5. The first-order chi connectivity index (χ1) is 20.3. The lowest BCUT2D eigenvalue weighted by molar-refractivity contribution is -0.141. The summed E-state index contributed by atoms with van der Waals surface area (Å²) in [4.78, 5) is 29.3. The Hall–Kier alpha value is -3.07. The lowest BCUT2D eigenvalue weighted by Gasteiger charge is -2.33. The molecule has 7 nitrogen and oxygen atoms in total. The minimum Gasteiger partial charge on any atom is -0.352 e. The van der Waals surface area contributed by atoms with Crippen LogP contribution in [0.5, 0.6) is 0 Å². The molecule has 3 aromatic rings. The molecule has 0 heterocycles. The van der Waals surface area contributed by atoms with Gasteiger partial charge in [0.25, 0.3) is 0 Å². The van der Waals surface area contributed by atoms with Gasteiger partial charge < -0.3 is 10.2 Å². The second-order valence-electron chi connectivity index (χ2n) is 11.0. The number of carbonyl (C=O) groups excluding carboxylic acids is 2. The van der Waals surface area contributed by atoms with Crippen molar-refractivity contribution >= 4 is 50.7 Å². The number of nitrogens with zero attached hydrogens (tertiary/aromatic N) is 2. The Balaban J connectivity index is 1.93. The van der Waals surface area contributed by atoms with Crippen LogP contribution < -0.4 is 9.62 Å². The van der Waals surface area contributed by atoms with Gasteiger partial charge in [-0.2, -0.15) is 0 Å². The number of hydrogen-bond acceptors (Lipinski definition) is 4. The highest BCUT2D eigenvalue weighted by Crippen LogP contribution is 2.27. The number of aryl methyl sites for hydroxylation is 1. The SMILES string of the molecule is CC[C@H](C)NC(=O)[C@@H](Cc1ccccc1)N(Cc1ccc(Cl)c(Cl)c1)C(=O)CCCN(c1cccc(C)c1C)S(C)(=O)=O. The third-order valence-corrected chi connectivity index (χ3v) is 9.52. The molecule has 0 bridgehead atoms. The first kappa shape index (κ1) is 34.4. The molecule has 2 amide bonds. The molecule has 2 atom stereocenters. The molecule has 3 rings (SSSR count). The van der Waals surface area contributed by atoms with Gasteiger partial charge in [-0.05, 0) is 74.1 Å². The summed E-state index contributed by atoms with van der Waals surface area (Å²) in [5, 5.41) is 3.80. The standard InChI is InChI=1S/C33H41Cl2N3O4S/c1-6-24(3)36-33(40)31(21-26-13-8-7-9-14-26)37(22-27-17-18-28(34)29(35)20-27)32(39)16-11-19-38(43(5,41)42)30-15-10-12-23(2)25(30)4/h7-10,12-15,17-18,20,24,31H,6,11,16,19,21-22H2,1-5H3,(H,36,40)/t24-,31+/m0/s1. The summed E-state index contributed by atoms with van der Waals surface area (Å²) in [7, 11) is -3.60. The highest BCUT2D eigenvalue weighted by Gasteiger charge is 2.31. The summed E-state index contributed by atoms with van der Waals surface area (Å²) in [6.07, 6.45) is 2.53. The van der Waals surface area contributed by atoms with Crippen LogP contribution in [-0.2, 0) is 32.6 Å². The maximum atomic E-state index is 14.0. The van der Waals surface area contributed by atoms with Crippen LogP contribution in [0, 0.1) is 13.8 Å². The average molecular weight is 647 g/mol. The Morgan fingerprint density at radius 3 is 2.26 bits per heavy atom. The second kappa shape index (κ2) is 15.6. The fourth-order valence-corrected chi connectivity index (χ4v) is 6.15. The molecule has 0 spiro atoms. The van der Waals surface area contributed by atoms with E-state index in [0.29, 0.717) is 22.2 Å². The molecule has 43 heavy (non-hydrogen) atoms. The largest absolute Gasteiger partial charge is 0.352 e. The van der Waals surface area contributed by atoms with E-state index in [4.69, 9.17) is 23.2 Å². The van der Waals surface area contributed by atoms with Crippen molar-refractivity contribution in [1.29, 1.82) is 0 Å². The van der Waals surface area contributed by atoms with Gasteiger partial charge in [-0.15, -0.1) is 0 Å². The summed E-state index contributed by atoms with van der Waals surface area (Å²) in [6.45, 7) is 7.98. The van der Waals surface area contributed by atoms with Crippen molar-refractivity contribution in [3.05, 3.63) is 99.0 Å². The third kappa shape index (κ3) is 9.71. The quantitative estimate of drug-likeness (QED) is 0.211. The van der Waals surface area contributed by atoms with Gasteiger partial charge in [-0.3, -0.25) is 13.9 Å². The topological polar surface area (TPSA) is 86.8 Å². The molecule has 0 fully saturated rings. The maximum Gasteiger partial charge on any atom is 0.243 e. The molecule has 3 aromatic carbocycles. The van der Waals surface area contributed by atoms with Gasteiger partial charge in [0, 0.05) is 32.0 Å². The molecule has 0 radical (unpaired) electrons. The number of halogens is 2. The number of hydrogen-bond donors (Lipinski definition) is 1. The van der Waals surface area contributed by atoms with E-state index in [1.165, 1.54) is 10.6 Å². The number of sulfonamides is 1. The van der Waals surface area contributed by atoms with Crippen LogP contribution in [0.25, 0.3) is 0 Å². The molecule has 232 valence electrons. The fourth-order valence-electron chi connectivity index (χ4n) is 4.82.